The zero-order chi connectivity index (χ0) is 10.1. The van der Waals surface area contributed by atoms with E-state index in [0.717, 1.165) is 10.1 Å². The van der Waals surface area contributed by atoms with Crippen LogP contribution in [0.5, 0.6) is 5.75 Å². The summed E-state index contributed by atoms with van der Waals surface area (Å²) in [7, 11) is 0. The minimum absolute atomic E-state index is 0.531. The largest absolute Gasteiger partial charge is 0.492 e. The van der Waals surface area contributed by atoms with Gasteiger partial charge in [0.25, 0.3) is 0 Å². The Labute approximate surface area is 91.2 Å². The van der Waals surface area contributed by atoms with E-state index in [4.69, 9.17) is 22.1 Å². The summed E-state index contributed by atoms with van der Waals surface area (Å²) in [6.07, 6.45) is 0. The highest BCUT2D eigenvalue weighted by molar-refractivity contribution is 7.18. The van der Waals surface area contributed by atoms with Gasteiger partial charge in [0.05, 0.1) is 22.0 Å². The van der Waals surface area contributed by atoms with Gasteiger partial charge in [-0.15, -0.1) is 11.3 Å². The van der Waals surface area contributed by atoms with E-state index in [1.807, 2.05) is 24.4 Å². The second-order valence-electron chi connectivity index (χ2n) is 2.87. The molecule has 2 N–H and O–H groups in total. The average molecular weight is 228 g/mol. The number of nitrogen functional groups attached to an aromatic ring is 1. The van der Waals surface area contributed by atoms with Gasteiger partial charge in [0.1, 0.15) is 5.75 Å². The smallest absolute Gasteiger partial charge is 0.144 e. The van der Waals surface area contributed by atoms with Crippen LogP contribution in [0.25, 0.3) is 10.1 Å². The molecule has 0 unspecified atom stereocenters. The molecule has 1 aromatic heterocycles. The summed E-state index contributed by atoms with van der Waals surface area (Å²) in [6.45, 7) is 2.52. The van der Waals surface area contributed by atoms with Crippen LogP contribution in [0.1, 0.15) is 6.92 Å². The molecule has 4 heteroatoms. The molecular weight excluding hydrogens is 218 g/mol. The highest BCUT2D eigenvalue weighted by atomic mass is 35.5. The lowest BCUT2D eigenvalue weighted by molar-refractivity contribution is 0.342. The van der Waals surface area contributed by atoms with Crippen molar-refractivity contribution in [1.29, 1.82) is 0 Å². The van der Waals surface area contributed by atoms with Crippen molar-refractivity contribution in [2.45, 2.75) is 6.92 Å². The van der Waals surface area contributed by atoms with Gasteiger partial charge in [-0.05, 0) is 29.8 Å². The molecule has 0 aliphatic rings. The van der Waals surface area contributed by atoms with E-state index in [2.05, 4.69) is 0 Å². The Balaban J connectivity index is 2.67. The summed E-state index contributed by atoms with van der Waals surface area (Å²) >= 11 is 7.70. The van der Waals surface area contributed by atoms with Gasteiger partial charge in [-0.3, -0.25) is 0 Å². The third-order valence-corrected chi connectivity index (χ3v) is 3.44. The normalized spacial score (nSPS) is 10.7. The summed E-state index contributed by atoms with van der Waals surface area (Å²) in [5.41, 5.74) is 6.37. The highest BCUT2D eigenvalue weighted by Crippen LogP contribution is 2.39. The number of nitrogens with two attached hydrogens (primary N) is 1. The third-order valence-electron chi connectivity index (χ3n) is 1.98. The molecule has 0 spiro atoms. The zero-order valence-electron chi connectivity index (χ0n) is 7.71. The first kappa shape index (κ1) is 9.62. The number of hydrogen-bond donors (Lipinski definition) is 1. The number of halogens is 1. The third kappa shape index (κ3) is 1.42. The minimum atomic E-state index is 0.531. The molecule has 0 aliphatic heterocycles. The molecule has 2 nitrogen and oxygen atoms in total. The van der Waals surface area contributed by atoms with Gasteiger partial charge in [-0.25, -0.2) is 0 Å². The molecule has 0 atom stereocenters. The maximum absolute atomic E-state index is 6.11. The number of thiophene rings is 1. The van der Waals surface area contributed by atoms with Crippen LogP contribution in [-0.4, -0.2) is 6.61 Å². The number of fused-ring (bicyclic) bond motifs is 1. The Bertz CT molecular complexity index is 466. The van der Waals surface area contributed by atoms with Crippen LogP contribution >= 0.6 is 22.9 Å². The Morgan fingerprint density at radius 1 is 1.57 bits per heavy atom. The van der Waals surface area contributed by atoms with Crippen LogP contribution in [0.3, 0.4) is 0 Å². The van der Waals surface area contributed by atoms with Crippen LogP contribution in [0.15, 0.2) is 17.5 Å². The van der Waals surface area contributed by atoms with Crippen LogP contribution in [0.4, 0.5) is 5.69 Å². The van der Waals surface area contributed by atoms with Gasteiger partial charge >= 0.3 is 0 Å². The van der Waals surface area contributed by atoms with E-state index in [1.54, 1.807) is 11.3 Å². The Hall–Kier alpha value is -0.930. The number of benzene rings is 1. The monoisotopic (exact) mass is 227 g/mol. The van der Waals surface area contributed by atoms with E-state index in [-0.39, 0.29) is 0 Å². The fraction of sp³-hybridized carbons (Fsp3) is 0.200. The van der Waals surface area contributed by atoms with Crippen LogP contribution in [0, 0.1) is 0 Å². The van der Waals surface area contributed by atoms with Crippen molar-refractivity contribution in [2.24, 2.45) is 0 Å². The first-order valence-electron chi connectivity index (χ1n) is 4.32. The first-order chi connectivity index (χ1) is 6.74. The summed E-state index contributed by atoms with van der Waals surface area (Å²) < 4.78 is 6.41. The summed E-state index contributed by atoms with van der Waals surface area (Å²) in [4.78, 5) is 0. The van der Waals surface area contributed by atoms with Crippen molar-refractivity contribution in [3.05, 3.63) is 22.5 Å². The molecule has 0 amide bonds. The molecule has 1 aromatic carbocycles. The molecule has 74 valence electrons. The number of hydrogen-bond acceptors (Lipinski definition) is 3. The Morgan fingerprint density at radius 2 is 2.36 bits per heavy atom. The van der Waals surface area contributed by atoms with Crippen molar-refractivity contribution in [3.63, 3.8) is 0 Å². The average Bonchev–Trinajstić information content (AvgIpc) is 2.62. The lowest BCUT2D eigenvalue weighted by Crippen LogP contribution is -1.97. The van der Waals surface area contributed by atoms with Crippen molar-refractivity contribution in [3.8, 4) is 5.75 Å². The van der Waals surface area contributed by atoms with Gasteiger partial charge < -0.3 is 10.5 Å². The molecule has 14 heavy (non-hydrogen) atoms. The number of ether oxygens (including phenoxy) is 1. The van der Waals surface area contributed by atoms with Crippen LogP contribution in [0.2, 0.25) is 5.02 Å². The standard InChI is InChI=1S/C10H10ClNOS/c1-2-13-7-5-6-3-4-14-10(6)8(11)9(7)12/h3-5H,2,12H2,1H3. The lowest BCUT2D eigenvalue weighted by Gasteiger charge is -2.08. The van der Waals surface area contributed by atoms with E-state index < -0.39 is 0 Å². The minimum Gasteiger partial charge on any atom is -0.492 e. The Kier molecular flexibility index (Phi) is 2.52. The topological polar surface area (TPSA) is 35.2 Å². The van der Waals surface area contributed by atoms with Gasteiger partial charge in [0.2, 0.25) is 0 Å². The SMILES string of the molecule is CCOc1cc2ccsc2c(Cl)c1N. The van der Waals surface area contributed by atoms with Crippen molar-refractivity contribution >= 4 is 38.7 Å². The molecule has 0 radical (unpaired) electrons. The summed E-state index contributed by atoms with van der Waals surface area (Å²) in [5, 5.41) is 3.67. The summed E-state index contributed by atoms with van der Waals surface area (Å²) in [6, 6.07) is 3.93. The predicted molar refractivity (Wildman–Crippen MR) is 62.4 cm³/mol. The maximum Gasteiger partial charge on any atom is 0.144 e. The van der Waals surface area contributed by atoms with Crippen LogP contribution < -0.4 is 10.5 Å². The molecule has 1 heterocycles. The van der Waals surface area contributed by atoms with Gasteiger partial charge in [-0.2, -0.15) is 0 Å². The molecule has 2 rings (SSSR count). The second kappa shape index (κ2) is 3.67. The Morgan fingerprint density at radius 3 is 3.07 bits per heavy atom. The van der Waals surface area contributed by atoms with E-state index in [0.29, 0.717) is 23.1 Å². The number of anilines is 1. The van der Waals surface area contributed by atoms with E-state index in [9.17, 15) is 0 Å². The lowest BCUT2D eigenvalue weighted by atomic mass is 10.2. The molecular formula is C10H10ClNOS. The van der Waals surface area contributed by atoms with E-state index >= 15 is 0 Å². The molecule has 0 fully saturated rings. The van der Waals surface area contributed by atoms with Crippen molar-refractivity contribution in [1.82, 2.24) is 0 Å². The van der Waals surface area contributed by atoms with E-state index in [1.165, 1.54) is 0 Å². The van der Waals surface area contributed by atoms with Gasteiger partial charge in [0, 0.05) is 0 Å². The highest BCUT2D eigenvalue weighted by Gasteiger charge is 2.10. The quantitative estimate of drug-likeness (QED) is 0.797. The molecule has 0 saturated carbocycles. The maximum atomic E-state index is 6.11. The zero-order valence-corrected chi connectivity index (χ0v) is 9.28. The fourth-order valence-corrected chi connectivity index (χ4v) is 2.50. The van der Waals surface area contributed by atoms with Gasteiger partial charge in [0.15, 0.2) is 0 Å². The first-order valence-corrected chi connectivity index (χ1v) is 5.57. The summed E-state index contributed by atoms with van der Waals surface area (Å²) in [5.74, 6) is 0.670. The predicted octanol–water partition coefficient (Wildman–Crippen LogP) is 3.54. The van der Waals surface area contributed by atoms with Crippen molar-refractivity contribution in [2.75, 3.05) is 12.3 Å². The van der Waals surface area contributed by atoms with Crippen LogP contribution in [-0.2, 0) is 0 Å². The molecule has 0 saturated heterocycles. The second-order valence-corrected chi connectivity index (χ2v) is 4.17. The molecule has 0 bridgehead atoms. The van der Waals surface area contributed by atoms with Crippen molar-refractivity contribution < 1.29 is 4.74 Å². The van der Waals surface area contributed by atoms with Gasteiger partial charge in [-0.1, -0.05) is 11.6 Å². The number of rotatable bonds is 2. The molecule has 2 aromatic rings. The molecule has 0 aliphatic carbocycles. The fourth-order valence-electron chi connectivity index (χ4n) is 1.34.